The van der Waals surface area contributed by atoms with E-state index in [4.69, 9.17) is 0 Å². The lowest BCUT2D eigenvalue weighted by Gasteiger charge is -2.29. The number of nitrogens with one attached hydrogen (secondary N) is 1. The van der Waals surface area contributed by atoms with E-state index in [1.807, 2.05) is 0 Å². The van der Waals surface area contributed by atoms with Crippen molar-refractivity contribution >= 4 is 0 Å². The van der Waals surface area contributed by atoms with Crippen molar-refractivity contribution in [1.29, 1.82) is 0 Å². The van der Waals surface area contributed by atoms with Crippen LogP contribution in [-0.2, 0) is 0 Å². The van der Waals surface area contributed by atoms with Gasteiger partial charge in [0.1, 0.15) is 0 Å². The van der Waals surface area contributed by atoms with Crippen molar-refractivity contribution in [3.05, 3.63) is 12.2 Å². The van der Waals surface area contributed by atoms with Gasteiger partial charge in [-0.1, -0.05) is 32.4 Å². The van der Waals surface area contributed by atoms with Gasteiger partial charge in [-0.3, -0.25) is 0 Å². The van der Waals surface area contributed by atoms with Gasteiger partial charge in [0, 0.05) is 6.04 Å². The summed E-state index contributed by atoms with van der Waals surface area (Å²) >= 11 is 0. The maximum atomic E-state index is 4.08. The molecule has 0 radical (unpaired) electrons. The van der Waals surface area contributed by atoms with E-state index < -0.39 is 0 Å². The predicted molar refractivity (Wildman–Crippen MR) is 72.6 cm³/mol. The Morgan fingerprint density at radius 3 is 2.44 bits per heavy atom. The molecule has 16 heavy (non-hydrogen) atoms. The molecular weight excluding hydrogens is 194 g/mol. The molecule has 1 N–H and O–H groups in total. The van der Waals surface area contributed by atoms with E-state index in [2.05, 4.69) is 32.7 Å². The van der Waals surface area contributed by atoms with Crippen LogP contribution >= 0.6 is 0 Å². The van der Waals surface area contributed by atoms with E-state index in [9.17, 15) is 0 Å². The minimum absolute atomic E-state index is 0.777. The molecular formula is C15H29N. The summed E-state index contributed by atoms with van der Waals surface area (Å²) in [6.45, 7) is 12.1. The first kappa shape index (κ1) is 13.8. The summed E-state index contributed by atoms with van der Waals surface area (Å²) in [5.41, 5.74) is 1.39. The Hall–Kier alpha value is -0.300. The quantitative estimate of drug-likeness (QED) is 0.667. The van der Waals surface area contributed by atoms with Crippen LogP contribution in [0.25, 0.3) is 0 Å². The molecule has 1 rings (SSSR count). The highest BCUT2D eigenvalue weighted by molar-refractivity contribution is 4.98. The van der Waals surface area contributed by atoms with Crippen molar-refractivity contribution < 1.29 is 0 Å². The van der Waals surface area contributed by atoms with Crippen LogP contribution in [0.15, 0.2) is 12.2 Å². The molecule has 0 bridgehead atoms. The minimum atomic E-state index is 0.777. The fourth-order valence-corrected chi connectivity index (χ4v) is 2.53. The summed E-state index contributed by atoms with van der Waals surface area (Å²) in [5, 5.41) is 3.72. The second kappa shape index (κ2) is 7.11. The lowest BCUT2D eigenvalue weighted by molar-refractivity contribution is 0.312. The Labute approximate surface area is 102 Å². The second-order valence-corrected chi connectivity index (χ2v) is 5.65. The zero-order valence-corrected chi connectivity index (χ0v) is 11.4. The van der Waals surface area contributed by atoms with Crippen LogP contribution in [-0.4, -0.2) is 12.6 Å². The molecule has 0 saturated heterocycles. The summed E-state index contributed by atoms with van der Waals surface area (Å²) in [4.78, 5) is 0. The summed E-state index contributed by atoms with van der Waals surface area (Å²) < 4.78 is 0. The number of rotatable bonds is 6. The van der Waals surface area contributed by atoms with Crippen molar-refractivity contribution in [2.24, 2.45) is 11.8 Å². The van der Waals surface area contributed by atoms with E-state index in [0.717, 1.165) is 17.9 Å². The van der Waals surface area contributed by atoms with Gasteiger partial charge in [-0.2, -0.15) is 0 Å². The van der Waals surface area contributed by atoms with E-state index >= 15 is 0 Å². The number of allylic oxidation sites excluding steroid dienone is 1. The first-order valence-electron chi connectivity index (χ1n) is 7.02. The molecule has 0 aliphatic heterocycles. The molecule has 94 valence electrons. The van der Waals surface area contributed by atoms with E-state index in [0.29, 0.717) is 0 Å². The Bertz CT molecular complexity index is 201. The highest BCUT2D eigenvalue weighted by Crippen LogP contribution is 2.28. The van der Waals surface area contributed by atoms with Crippen molar-refractivity contribution in [2.45, 2.75) is 65.3 Å². The zero-order valence-electron chi connectivity index (χ0n) is 11.4. The van der Waals surface area contributed by atoms with Crippen molar-refractivity contribution in [1.82, 2.24) is 5.32 Å². The summed E-state index contributed by atoms with van der Waals surface area (Å²) in [5.74, 6) is 1.67. The number of hydrogen-bond donors (Lipinski definition) is 1. The maximum Gasteiger partial charge on any atom is 0.00674 e. The van der Waals surface area contributed by atoms with Gasteiger partial charge in [0.15, 0.2) is 0 Å². The van der Waals surface area contributed by atoms with Crippen molar-refractivity contribution in [3.63, 3.8) is 0 Å². The van der Waals surface area contributed by atoms with E-state index in [1.54, 1.807) is 0 Å². The topological polar surface area (TPSA) is 12.0 Å². The van der Waals surface area contributed by atoms with E-state index in [1.165, 1.54) is 50.6 Å². The SMILES string of the molecule is C=C(C)C1CCC(NCCC(C)CC)CC1. The summed E-state index contributed by atoms with van der Waals surface area (Å²) in [7, 11) is 0. The molecule has 0 aromatic heterocycles. The van der Waals surface area contributed by atoms with Crippen LogP contribution in [0, 0.1) is 11.8 Å². The third-order valence-corrected chi connectivity index (χ3v) is 4.19. The molecule has 1 atom stereocenters. The molecule has 1 aliphatic rings. The molecule has 1 nitrogen and oxygen atoms in total. The van der Waals surface area contributed by atoms with Crippen molar-refractivity contribution in [3.8, 4) is 0 Å². The third-order valence-electron chi connectivity index (χ3n) is 4.19. The maximum absolute atomic E-state index is 4.08. The Morgan fingerprint density at radius 2 is 1.94 bits per heavy atom. The van der Waals surface area contributed by atoms with Crippen LogP contribution in [0.5, 0.6) is 0 Å². The molecule has 1 fully saturated rings. The summed E-state index contributed by atoms with van der Waals surface area (Å²) in [6, 6.07) is 0.777. The van der Waals surface area contributed by atoms with Gasteiger partial charge in [-0.25, -0.2) is 0 Å². The van der Waals surface area contributed by atoms with Crippen LogP contribution in [0.4, 0.5) is 0 Å². The van der Waals surface area contributed by atoms with Gasteiger partial charge in [-0.05, 0) is 57.4 Å². The predicted octanol–water partition coefficient (Wildman–Crippen LogP) is 4.15. The fraction of sp³-hybridized carbons (Fsp3) is 0.867. The largest absolute Gasteiger partial charge is 0.314 e. The third kappa shape index (κ3) is 4.69. The lowest BCUT2D eigenvalue weighted by atomic mass is 9.82. The molecule has 1 aliphatic carbocycles. The minimum Gasteiger partial charge on any atom is -0.314 e. The molecule has 0 heterocycles. The Morgan fingerprint density at radius 1 is 1.31 bits per heavy atom. The average molecular weight is 223 g/mol. The molecule has 1 saturated carbocycles. The van der Waals surface area contributed by atoms with Gasteiger partial charge >= 0.3 is 0 Å². The Kier molecular flexibility index (Phi) is 6.12. The lowest BCUT2D eigenvalue weighted by Crippen LogP contribution is -2.34. The average Bonchev–Trinajstić information content (AvgIpc) is 2.29. The highest BCUT2D eigenvalue weighted by Gasteiger charge is 2.20. The molecule has 0 amide bonds. The molecule has 0 spiro atoms. The fourth-order valence-electron chi connectivity index (χ4n) is 2.53. The molecule has 1 heteroatoms. The highest BCUT2D eigenvalue weighted by atomic mass is 14.9. The van der Waals surface area contributed by atoms with Gasteiger partial charge in [0.05, 0.1) is 0 Å². The second-order valence-electron chi connectivity index (χ2n) is 5.65. The van der Waals surface area contributed by atoms with Gasteiger partial charge in [0.25, 0.3) is 0 Å². The summed E-state index contributed by atoms with van der Waals surface area (Å²) in [6.07, 6.45) is 8.02. The normalized spacial score (nSPS) is 27.7. The van der Waals surface area contributed by atoms with Crippen LogP contribution in [0.3, 0.4) is 0 Å². The van der Waals surface area contributed by atoms with Gasteiger partial charge < -0.3 is 5.32 Å². The van der Waals surface area contributed by atoms with Crippen LogP contribution in [0.2, 0.25) is 0 Å². The first-order valence-corrected chi connectivity index (χ1v) is 7.02. The first-order chi connectivity index (χ1) is 7.63. The standard InChI is InChI=1S/C15H29N/c1-5-13(4)10-11-16-15-8-6-14(7-9-15)12(2)3/h13-16H,2,5-11H2,1,3-4H3. The molecule has 1 unspecified atom stereocenters. The monoisotopic (exact) mass is 223 g/mol. The smallest absolute Gasteiger partial charge is 0.00674 e. The molecule has 0 aromatic rings. The molecule has 0 aromatic carbocycles. The van der Waals surface area contributed by atoms with Gasteiger partial charge in [-0.15, -0.1) is 0 Å². The Balaban J connectivity index is 2.10. The van der Waals surface area contributed by atoms with Crippen molar-refractivity contribution in [2.75, 3.05) is 6.54 Å². The number of hydrogen-bond acceptors (Lipinski definition) is 1. The zero-order chi connectivity index (χ0) is 12.0. The van der Waals surface area contributed by atoms with Crippen LogP contribution < -0.4 is 5.32 Å². The van der Waals surface area contributed by atoms with Gasteiger partial charge in [0.2, 0.25) is 0 Å². The van der Waals surface area contributed by atoms with Crippen LogP contribution in [0.1, 0.15) is 59.3 Å². The van der Waals surface area contributed by atoms with E-state index in [-0.39, 0.29) is 0 Å².